The van der Waals surface area contributed by atoms with Crippen LogP contribution in [0.2, 0.25) is 0 Å². The van der Waals surface area contributed by atoms with E-state index in [-0.39, 0.29) is 6.61 Å². The minimum Gasteiger partial charge on any atom is -0.460 e. The van der Waals surface area contributed by atoms with Crippen LogP contribution in [0.4, 0.5) is 14.6 Å². The van der Waals surface area contributed by atoms with E-state index in [1.807, 2.05) is 4.98 Å². The van der Waals surface area contributed by atoms with Crippen LogP contribution >= 0.6 is 0 Å². The molecular formula is C9H8F2N2O5. The molecule has 1 rings (SSSR count). The number of H-pyrrole nitrogens is 1. The highest BCUT2D eigenvalue weighted by Gasteiger charge is 2.28. The summed E-state index contributed by atoms with van der Waals surface area (Å²) in [4.78, 5) is 34.0. The van der Waals surface area contributed by atoms with E-state index in [1.54, 1.807) is 0 Å². The molecule has 18 heavy (non-hydrogen) atoms. The van der Waals surface area contributed by atoms with Crippen molar-refractivity contribution >= 4 is 11.8 Å². The number of hydrogen-bond acceptors (Lipinski definition) is 5. The van der Waals surface area contributed by atoms with Crippen molar-refractivity contribution in [1.29, 1.82) is 0 Å². The average Bonchev–Trinajstić information content (AvgIpc) is 2.27. The standard InChI is InChI=1S/C9H8F2N2O5/c1-2-18-9(15)7-6(8(10)11)4(14)3-5(12-7)13(16)17/h3,8H,2H2,1H3,(H,12,14). The molecule has 0 saturated carbocycles. The lowest BCUT2D eigenvalue weighted by molar-refractivity contribution is -0.389. The first-order valence-corrected chi connectivity index (χ1v) is 4.75. The summed E-state index contributed by atoms with van der Waals surface area (Å²) < 4.78 is 29.7. The van der Waals surface area contributed by atoms with Gasteiger partial charge in [-0.05, 0) is 11.8 Å². The summed E-state index contributed by atoms with van der Waals surface area (Å²) in [6, 6.07) is 0.393. The van der Waals surface area contributed by atoms with Gasteiger partial charge < -0.3 is 14.9 Å². The molecular weight excluding hydrogens is 254 g/mol. The maximum absolute atomic E-state index is 12.6. The van der Waals surface area contributed by atoms with Crippen LogP contribution in [0, 0.1) is 10.1 Å². The number of pyridine rings is 1. The Morgan fingerprint density at radius 2 is 2.22 bits per heavy atom. The number of nitrogens with one attached hydrogen (secondary N) is 1. The summed E-state index contributed by atoms with van der Waals surface area (Å²) in [7, 11) is 0. The van der Waals surface area contributed by atoms with E-state index in [2.05, 4.69) is 4.74 Å². The lowest BCUT2D eigenvalue weighted by Gasteiger charge is -2.05. The summed E-state index contributed by atoms with van der Waals surface area (Å²) in [5.41, 5.74) is -3.33. The number of rotatable bonds is 4. The van der Waals surface area contributed by atoms with Crippen LogP contribution in [0.3, 0.4) is 0 Å². The summed E-state index contributed by atoms with van der Waals surface area (Å²) in [6.45, 7) is 1.31. The van der Waals surface area contributed by atoms with E-state index in [1.165, 1.54) is 6.92 Å². The van der Waals surface area contributed by atoms with Crippen LogP contribution in [0.15, 0.2) is 10.9 Å². The van der Waals surface area contributed by atoms with Crippen LogP contribution < -0.4 is 5.43 Å². The highest BCUT2D eigenvalue weighted by Crippen LogP contribution is 2.20. The zero-order chi connectivity index (χ0) is 13.9. The summed E-state index contributed by atoms with van der Waals surface area (Å²) in [5.74, 6) is -2.10. The lowest BCUT2D eigenvalue weighted by Crippen LogP contribution is -2.20. The molecule has 1 aromatic rings. The first-order valence-electron chi connectivity index (χ1n) is 4.75. The molecule has 9 heteroatoms. The third kappa shape index (κ3) is 2.67. The summed E-state index contributed by atoms with van der Waals surface area (Å²) in [5, 5.41) is 10.5. The van der Waals surface area contributed by atoms with Gasteiger partial charge in [0.05, 0.1) is 12.7 Å². The van der Waals surface area contributed by atoms with Gasteiger partial charge in [0.1, 0.15) is 5.56 Å². The fourth-order valence-corrected chi connectivity index (χ4v) is 1.24. The van der Waals surface area contributed by atoms with Gasteiger partial charge in [-0.3, -0.25) is 4.79 Å². The molecule has 0 aliphatic rings. The van der Waals surface area contributed by atoms with Crippen LogP contribution in [0.1, 0.15) is 29.4 Å². The molecule has 0 atom stereocenters. The Kier molecular flexibility index (Phi) is 4.08. The Hall–Kier alpha value is -2.32. The summed E-state index contributed by atoms with van der Waals surface area (Å²) in [6.07, 6.45) is -3.24. The van der Waals surface area contributed by atoms with E-state index in [4.69, 9.17) is 0 Å². The fraction of sp³-hybridized carbons (Fsp3) is 0.333. The van der Waals surface area contributed by atoms with Crippen molar-refractivity contribution in [2.24, 2.45) is 0 Å². The maximum atomic E-state index is 12.6. The van der Waals surface area contributed by atoms with Crippen LogP contribution in [-0.4, -0.2) is 22.5 Å². The number of halogens is 2. The molecule has 1 N–H and O–H groups in total. The minimum atomic E-state index is -3.24. The van der Waals surface area contributed by atoms with Crippen molar-refractivity contribution in [3.05, 3.63) is 37.7 Å². The van der Waals surface area contributed by atoms with Crippen molar-refractivity contribution in [2.45, 2.75) is 13.3 Å². The number of esters is 1. The van der Waals surface area contributed by atoms with E-state index in [9.17, 15) is 28.5 Å². The molecule has 0 bridgehead atoms. The second-order valence-electron chi connectivity index (χ2n) is 3.09. The number of carbonyl (C=O) groups is 1. The van der Waals surface area contributed by atoms with Crippen LogP contribution in [-0.2, 0) is 4.74 Å². The molecule has 0 saturated heterocycles. The Bertz CT molecular complexity index is 540. The van der Waals surface area contributed by atoms with Crippen molar-refractivity contribution in [1.82, 2.24) is 4.98 Å². The third-order valence-electron chi connectivity index (χ3n) is 1.95. The van der Waals surface area contributed by atoms with Gasteiger partial charge in [0.15, 0.2) is 5.43 Å². The second-order valence-corrected chi connectivity index (χ2v) is 3.09. The van der Waals surface area contributed by atoms with Crippen molar-refractivity contribution in [2.75, 3.05) is 6.61 Å². The molecule has 0 radical (unpaired) electrons. The van der Waals surface area contributed by atoms with Crippen molar-refractivity contribution < 1.29 is 23.2 Å². The van der Waals surface area contributed by atoms with E-state index >= 15 is 0 Å². The molecule has 98 valence electrons. The van der Waals surface area contributed by atoms with Gasteiger partial charge in [0, 0.05) is 0 Å². The number of nitro groups is 1. The molecule has 1 heterocycles. The van der Waals surface area contributed by atoms with Crippen molar-refractivity contribution in [3.8, 4) is 0 Å². The lowest BCUT2D eigenvalue weighted by atomic mass is 10.2. The highest BCUT2D eigenvalue weighted by molar-refractivity contribution is 5.89. The Morgan fingerprint density at radius 3 is 2.67 bits per heavy atom. The Labute approximate surface area is 98.5 Å². The van der Waals surface area contributed by atoms with Gasteiger partial charge in [-0.1, -0.05) is 0 Å². The highest BCUT2D eigenvalue weighted by atomic mass is 19.3. The number of hydrogen-bond donors (Lipinski definition) is 1. The predicted molar refractivity (Wildman–Crippen MR) is 54.6 cm³/mol. The van der Waals surface area contributed by atoms with Gasteiger partial charge >= 0.3 is 11.8 Å². The van der Waals surface area contributed by atoms with Gasteiger partial charge in [-0.25, -0.2) is 18.6 Å². The fourth-order valence-electron chi connectivity index (χ4n) is 1.24. The molecule has 0 unspecified atom stereocenters. The zero-order valence-corrected chi connectivity index (χ0v) is 9.11. The number of nitrogens with zero attached hydrogens (tertiary/aromatic N) is 1. The Balaban J connectivity index is 3.47. The molecule has 1 aromatic heterocycles. The summed E-state index contributed by atoms with van der Waals surface area (Å²) >= 11 is 0. The number of alkyl halides is 2. The second kappa shape index (κ2) is 5.34. The van der Waals surface area contributed by atoms with Crippen molar-refractivity contribution in [3.63, 3.8) is 0 Å². The van der Waals surface area contributed by atoms with Crippen LogP contribution in [0.5, 0.6) is 0 Å². The predicted octanol–water partition coefficient (Wildman–Crippen LogP) is 1.40. The minimum absolute atomic E-state index is 0.119. The van der Waals surface area contributed by atoms with E-state index in [0.717, 1.165) is 0 Å². The van der Waals surface area contributed by atoms with Gasteiger partial charge in [0.2, 0.25) is 5.69 Å². The number of ether oxygens (including phenoxy) is 1. The topological polar surface area (TPSA) is 102 Å². The number of aromatic amines is 1. The molecule has 0 amide bonds. The molecule has 0 aromatic carbocycles. The van der Waals surface area contributed by atoms with Gasteiger partial charge in [-0.15, -0.1) is 0 Å². The van der Waals surface area contributed by atoms with Gasteiger partial charge in [0.25, 0.3) is 6.43 Å². The molecule has 0 spiro atoms. The molecule has 7 nitrogen and oxygen atoms in total. The SMILES string of the molecule is CCOC(=O)c1[nH]c([N+](=O)[O-])cc(=O)c1C(F)F. The monoisotopic (exact) mass is 262 g/mol. The third-order valence-corrected chi connectivity index (χ3v) is 1.95. The normalized spacial score (nSPS) is 10.4. The van der Waals surface area contributed by atoms with Crippen LogP contribution in [0.25, 0.3) is 0 Å². The average molecular weight is 262 g/mol. The van der Waals surface area contributed by atoms with Gasteiger partial charge in [-0.2, -0.15) is 0 Å². The van der Waals surface area contributed by atoms with E-state index < -0.39 is 39.8 Å². The molecule has 0 aliphatic carbocycles. The zero-order valence-electron chi connectivity index (χ0n) is 9.11. The number of carbonyl (C=O) groups excluding carboxylic acids is 1. The quantitative estimate of drug-likeness (QED) is 0.502. The smallest absolute Gasteiger partial charge is 0.379 e. The molecule has 0 aliphatic heterocycles. The number of aromatic nitrogens is 1. The maximum Gasteiger partial charge on any atom is 0.379 e. The molecule has 0 fully saturated rings. The Morgan fingerprint density at radius 1 is 1.61 bits per heavy atom. The largest absolute Gasteiger partial charge is 0.460 e. The van der Waals surface area contributed by atoms with E-state index in [0.29, 0.717) is 6.07 Å². The first kappa shape index (κ1) is 13.7. The first-order chi connectivity index (χ1) is 8.38.